The zero-order valence-corrected chi connectivity index (χ0v) is 12.7. The van der Waals surface area contributed by atoms with Crippen molar-refractivity contribution in [1.82, 2.24) is 0 Å². The van der Waals surface area contributed by atoms with Gasteiger partial charge in [-0.3, -0.25) is 4.79 Å². The first-order chi connectivity index (χ1) is 10.1. The number of nitrogens with one attached hydrogen (secondary N) is 1. The van der Waals surface area contributed by atoms with Crippen LogP contribution >= 0.6 is 0 Å². The van der Waals surface area contributed by atoms with Crippen molar-refractivity contribution in [2.24, 2.45) is 0 Å². The minimum absolute atomic E-state index is 0.0166. The molecule has 0 aromatic heterocycles. The largest absolute Gasteiger partial charge is 0.322 e. The third kappa shape index (κ3) is 2.85. The lowest BCUT2D eigenvalue weighted by molar-refractivity contribution is 0.102. The van der Waals surface area contributed by atoms with E-state index in [4.69, 9.17) is 0 Å². The Morgan fingerprint density at radius 2 is 1.81 bits per heavy atom. The fraction of sp³-hybridized carbons (Fsp3) is 0.316. The normalized spacial score (nSPS) is 13.6. The molecule has 0 radical (unpaired) electrons. The summed E-state index contributed by atoms with van der Waals surface area (Å²) in [5.41, 5.74) is 6.78. The van der Waals surface area contributed by atoms with Gasteiger partial charge in [-0.25, -0.2) is 0 Å². The van der Waals surface area contributed by atoms with Gasteiger partial charge in [0.15, 0.2) is 0 Å². The highest BCUT2D eigenvalue weighted by molar-refractivity contribution is 6.04. The Balaban J connectivity index is 1.86. The molecule has 0 bridgehead atoms. The van der Waals surface area contributed by atoms with Gasteiger partial charge in [0.25, 0.3) is 5.91 Å². The number of amides is 1. The first-order valence-corrected chi connectivity index (χ1v) is 7.64. The van der Waals surface area contributed by atoms with E-state index >= 15 is 0 Å². The number of aryl methyl sites for hydroxylation is 3. The smallest absolute Gasteiger partial charge is 0.255 e. The number of anilines is 1. The first-order valence-electron chi connectivity index (χ1n) is 7.64. The van der Waals surface area contributed by atoms with Crippen molar-refractivity contribution in [3.8, 4) is 0 Å². The molecule has 108 valence electrons. The van der Waals surface area contributed by atoms with Crippen molar-refractivity contribution < 1.29 is 4.79 Å². The van der Waals surface area contributed by atoms with Crippen molar-refractivity contribution in [2.75, 3.05) is 5.32 Å². The van der Waals surface area contributed by atoms with Gasteiger partial charge >= 0.3 is 0 Å². The van der Waals surface area contributed by atoms with E-state index in [-0.39, 0.29) is 5.91 Å². The molecule has 0 spiro atoms. The maximum absolute atomic E-state index is 12.5. The lowest BCUT2D eigenvalue weighted by Crippen LogP contribution is -2.15. The Morgan fingerprint density at radius 1 is 1.00 bits per heavy atom. The van der Waals surface area contributed by atoms with Gasteiger partial charge in [-0.2, -0.15) is 0 Å². The first kappa shape index (κ1) is 13.9. The lowest BCUT2D eigenvalue weighted by atomic mass is 9.90. The molecule has 3 rings (SSSR count). The van der Waals surface area contributed by atoms with Crippen LogP contribution in [-0.2, 0) is 12.8 Å². The maximum Gasteiger partial charge on any atom is 0.255 e. The second kappa shape index (κ2) is 5.72. The van der Waals surface area contributed by atoms with Crippen LogP contribution in [0.3, 0.4) is 0 Å². The Bertz CT molecular complexity index is 688. The highest BCUT2D eigenvalue weighted by Gasteiger charge is 2.15. The molecule has 21 heavy (non-hydrogen) atoms. The number of hydrogen-bond donors (Lipinski definition) is 1. The van der Waals surface area contributed by atoms with Crippen molar-refractivity contribution in [3.63, 3.8) is 0 Å². The SMILES string of the molecule is Cc1ccc(C(=O)Nc2cccc3c2CCCC3)cc1C. The van der Waals surface area contributed by atoms with Gasteiger partial charge in [-0.15, -0.1) is 0 Å². The van der Waals surface area contributed by atoms with Crippen LogP contribution in [0.5, 0.6) is 0 Å². The molecule has 0 unspecified atom stereocenters. The third-order valence-electron chi connectivity index (χ3n) is 4.41. The molecule has 0 saturated carbocycles. The Morgan fingerprint density at radius 3 is 2.62 bits per heavy atom. The van der Waals surface area contributed by atoms with E-state index in [0.717, 1.165) is 29.7 Å². The van der Waals surface area contributed by atoms with Crippen LogP contribution in [0.1, 0.15) is 45.5 Å². The summed E-state index contributed by atoms with van der Waals surface area (Å²) >= 11 is 0. The Labute approximate surface area is 126 Å². The maximum atomic E-state index is 12.5. The second-order valence-electron chi connectivity index (χ2n) is 5.90. The zero-order chi connectivity index (χ0) is 14.8. The van der Waals surface area contributed by atoms with Crippen LogP contribution in [0, 0.1) is 13.8 Å². The highest BCUT2D eigenvalue weighted by Crippen LogP contribution is 2.28. The molecule has 1 aliphatic rings. The highest BCUT2D eigenvalue weighted by atomic mass is 16.1. The minimum Gasteiger partial charge on any atom is -0.322 e. The predicted octanol–water partition coefficient (Wildman–Crippen LogP) is 4.43. The van der Waals surface area contributed by atoms with Crippen LogP contribution < -0.4 is 5.32 Å². The van der Waals surface area contributed by atoms with Crippen LogP contribution in [0.4, 0.5) is 5.69 Å². The van der Waals surface area contributed by atoms with E-state index < -0.39 is 0 Å². The van der Waals surface area contributed by atoms with E-state index in [1.54, 1.807) is 0 Å². The number of benzene rings is 2. The number of fused-ring (bicyclic) bond motifs is 1. The molecule has 2 nitrogen and oxygen atoms in total. The van der Waals surface area contributed by atoms with Gasteiger partial charge in [0, 0.05) is 11.3 Å². The fourth-order valence-corrected chi connectivity index (χ4v) is 2.98. The average molecular weight is 279 g/mol. The van der Waals surface area contributed by atoms with Gasteiger partial charge < -0.3 is 5.32 Å². The quantitative estimate of drug-likeness (QED) is 0.865. The summed E-state index contributed by atoms with van der Waals surface area (Å²) < 4.78 is 0. The van der Waals surface area contributed by atoms with Gasteiger partial charge in [0.2, 0.25) is 0 Å². The second-order valence-corrected chi connectivity index (χ2v) is 5.90. The van der Waals surface area contributed by atoms with Crippen LogP contribution in [0.25, 0.3) is 0 Å². The predicted molar refractivity (Wildman–Crippen MR) is 87.0 cm³/mol. The van der Waals surface area contributed by atoms with E-state index in [2.05, 4.69) is 18.3 Å². The standard InChI is InChI=1S/C19H21NO/c1-13-10-11-16(12-14(13)2)19(21)20-18-9-5-7-15-6-3-4-8-17(15)18/h5,7,9-12H,3-4,6,8H2,1-2H3,(H,20,21). The molecule has 0 fully saturated rings. The van der Waals surface area contributed by atoms with Crippen molar-refractivity contribution in [2.45, 2.75) is 39.5 Å². The molecular formula is C19H21NO. The summed E-state index contributed by atoms with van der Waals surface area (Å²) in [6.07, 6.45) is 4.66. The zero-order valence-electron chi connectivity index (χ0n) is 12.7. The summed E-state index contributed by atoms with van der Waals surface area (Å²) in [7, 11) is 0. The molecule has 0 heterocycles. The van der Waals surface area contributed by atoms with Crippen LogP contribution in [0.2, 0.25) is 0 Å². The molecule has 2 heteroatoms. The number of carbonyl (C=O) groups excluding carboxylic acids is 1. The third-order valence-corrected chi connectivity index (χ3v) is 4.41. The van der Waals surface area contributed by atoms with Crippen molar-refractivity contribution >= 4 is 11.6 Å². The lowest BCUT2D eigenvalue weighted by Gasteiger charge is -2.19. The fourth-order valence-electron chi connectivity index (χ4n) is 2.98. The van der Waals surface area contributed by atoms with Gasteiger partial charge in [0.1, 0.15) is 0 Å². The molecule has 2 aromatic carbocycles. The molecule has 1 amide bonds. The number of rotatable bonds is 2. The van der Waals surface area contributed by atoms with Crippen LogP contribution in [-0.4, -0.2) is 5.91 Å². The summed E-state index contributed by atoms with van der Waals surface area (Å²) in [4.78, 5) is 12.5. The van der Waals surface area contributed by atoms with Gasteiger partial charge in [-0.05, 0) is 80.0 Å². The molecule has 2 aromatic rings. The van der Waals surface area contributed by atoms with E-state index in [0.29, 0.717) is 0 Å². The molecular weight excluding hydrogens is 258 g/mol. The molecule has 0 saturated heterocycles. The average Bonchev–Trinajstić information content (AvgIpc) is 2.50. The number of carbonyl (C=O) groups is 1. The summed E-state index contributed by atoms with van der Waals surface area (Å²) in [5.74, 6) is -0.0166. The minimum atomic E-state index is -0.0166. The summed E-state index contributed by atoms with van der Waals surface area (Å²) in [6.45, 7) is 4.10. The molecule has 0 atom stereocenters. The van der Waals surface area contributed by atoms with E-state index in [9.17, 15) is 4.79 Å². The van der Waals surface area contributed by atoms with Gasteiger partial charge in [0.05, 0.1) is 0 Å². The summed E-state index contributed by atoms with van der Waals surface area (Å²) in [5, 5.41) is 3.09. The van der Waals surface area contributed by atoms with Gasteiger partial charge in [-0.1, -0.05) is 18.2 Å². The monoisotopic (exact) mass is 279 g/mol. The molecule has 0 aliphatic heterocycles. The molecule has 1 N–H and O–H groups in total. The van der Waals surface area contributed by atoms with Crippen LogP contribution in [0.15, 0.2) is 36.4 Å². The van der Waals surface area contributed by atoms with Crippen molar-refractivity contribution in [3.05, 3.63) is 64.2 Å². The Kier molecular flexibility index (Phi) is 3.78. The molecule has 1 aliphatic carbocycles. The summed E-state index contributed by atoms with van der Waals surface area (Å²) in [6, 6.07) is 12.1. The Hall–Kier alpha value is -2.09. The topological polar surface area (TPSA) is 29.1 Å². The van der Waals surface area contributed by atoms with E-state index in [1.165, 1.54) is 29.5 Å². The number of hydrogen-bond acceptors (Lipinski definition) is 1. The van der Waals surface area contributed by atoms with Crippen molar-refractivity contribution in [1.29, 1.82) is 0 Å². The van der Waals surface area contributed by atoms with E-state index in [1.807, 2.05) is 37.3 Å².